The molecule has 1 aliphatic heterocycles. The lowest BCUT2D eigenvalue weighted by Crippen LogP contribution is -2.35. The van der Waals surface area contributed by atoms with Gasteiger partial charge in [0.1, 0.15) is 0 Å². The average molecular weight is 397 g/mol. The van der Waals surface area contributed by atoms with Crippen LogP contribution in [0.15, 0.2) is 42.7 Å². The van der Waals surface area contributed by atoms with Crippen LogP contribution in [0.4, 0.5) is 0 Å². The maximum absolute atomic E-state index is 12.6. The van der Waals surface area contributed by atoms with Crippen molar-refractivity contribution in [2.45, 2.75) is 25.8 Å². The lowest BCUT2D eigenvalue weighted by molar-refractivity contribution is -0.129. The molecule has 1 saturated heterocycles. The van der Waals surface area contributed by atoms with E-state index in [1.165, 1.54) is 0 Å². The molecule has 29 heavy (non-hydrogen) atoms. The van der Waals surface area contributed by atoms with Crippen molar-refractivity contribution in [2.75, 3.05) is 27.3 Å². The quantitative estimate of drug-likeness (QED) is 0.740. The second-order valence-electron chi connectivity index (χ2n) is 7.19. The molecule has 2 unspecified atom stereocenters. The van der Waals surface area contributed by atoms with Gasteiger partial charge in [0.2, 0.25) is 11.8 Å². The van der Waals surface area contributed by atoms with E-state index in [2.05, 4.69) is 10.3 Å². The molecule has 1 N–H and O–H groups in total. The summed E-state index contributed by atoms with van der Waals surface area (Å²) in [4.78, 5) is 30.7. The Morgan fingerprint density at radius 3 is 2.62 bits per heavy atom. The number of ether oxygens (including phenoxy) is 2. The first kappa shape index (κ1) is 20.6. The number of nitrogens with one attached hydrogen (secondary N) is 1. The largest absolute Gasteiger partial charge is 0.493 e. The Labute approximate surface area is 171 Å². The van der Waals surface area contributed by atoms with Gasteiger partial charge in [0.05, 0.1) is 26.2 Å². The van der Waals surface area contributed by atoms with Crippen molar-refractivity contribution in [3.8, 4) is 11.5 Å². The predicted octanol–water partition coefficient (Wildman–Crippen LogP) is 2.37. The highest BCUT2D eigenvalue weighted by Gasteiger charge is 2.34. The molecule has 0 spiro atoms. The van der Waals surface area contributed by atoms with E-state index in [1.54, 1.807) is 31.5 Å². The Bertz CT molecular complexity index is 856. The Balaban J connectivity index is 1.54. The number of carbonyl (C=O) groups is 2. The van der Waals surface area contributed by atoms with E-state index in [1.807, 2.05) is 37.3 Å². The molecule has 1 aromatic carbocycles. The predicted molar refractivity (Wildman–Crippen MR) is 109 cm³/mol. The fourth-order valence-corrected chi connectivity index (χ4v) is 3.53. The smallest absolute Gasteiger partial charge is 0.225 e. The van der Waals surface area contributed by atoms with Crippen LogP contribution < -0.4 is 14.8 Å². The number of methoxy groups -OCH3 is 2. The molecule has 2 amide bonds. The molecule has 0 bridgehead atoms. The number of carbonyl (C=O) groups excluding carboxylic acids is 2. The van der Waals surface area contributed by atoms with Crippen LogP contribution in [-0.4, -0.2) is 49.0 Å². The van der Waals surface area contributed by atoms with E-state index in [4.69, 9.17) is 9.47 Å². The number of likely N-dealkylation sites (tertiary alicyclic amines) is 1. The number of rotatable bonds is 8. The third-order valence-corrected chi connectivity index (χ3v) is 5.27. The lowest BCUT2D eigenvalue weighted by Gasteiger charge is -2.19. The molecule has 0 radical (unpaired) electrons. The van der Waals surface area contributed by atoms with E-state index in [0.29, 0.717) is 31.0 Å². The third-order valence-electron chi connectivity index (χ3n) is 5.27. The van der Waals surface area contributed by atoms with Gasteiger partial charge in [0.25, 0.3) is 0 Å². The van der Waals surface area contributed by atoms with Crippen LogP contribution in [0.25, 0.3) is 0 Å². The van der Waals surface area contributed by atoms with Crippen LogP contribution in [0.3, 0.4) is 0 Å². The van der Waals surface area contributed by atoms with Crippen molar-refractivity contribution in [2.24, 2.45) is 5.92 Å². The van der Waals surface area contributed by atoms with Gasteiger partial charge in [0, 0.05) is 31.9 Å². The minimum Gasteiger partial charge on any atom is -0.493 e. The summed E-state index contributed by atoms with van der Waals surface area (Å²) < 4.78 is 10.6. The number of nitrogens with zero attached hydrogens (tertiary/aromatic N) is 2. The summed E-state index contributed by atoms with van der Waals surface area (Å²) in [5.41, 5.74) is 2.04. The van der Waals surface area contributed by atoms with Crippen molar-refractivity contribution < 1.29 is 19.1 Å². The number of amides is 2. The maximum atomic E-state index is 12.6. The van der Waals surface area contributed by atoms with E-state index in [0.717, 1.165) is 11.1 Å². The Morgan fingerprint density at radius 2 is 1.93 bits per heavy atom. The monoisotopic (exact) mass is 397 g/mol. The Hall–Kier alpha value is -3.09. The third kappa shape index (κ3) is 5.04. The van der Waals surface area contributed by atoms with Crippen LogP contribution in [0.1, 0.15) is 30.5 Å². The highest BCUT2D eigenvalue weighted by atomic mass is 16.5. The van der Waals surface area contributed by atoms with Crippen molar-refractivity contribution in [1.82, 2.24) is 15.2 Å². The summed E-state index contributed by atoms with van der Waals surface area (Å²) in [6.07, 6.45) is 4.34. The summed E-state index contributed by atoms with van der Waals surface area (Å²) in [7, 11) is 3.20. The zero-order chi connectivity index (χ0) is 20.8. The summed E-state index contributed by atoms with van der Waals surface area (Å²) in [6, 6.07) is 9.36. The Morgan fingerprint density at radius 1 is 1.21 bits per heavy atom. The van der Waals surface area contributed by atoms with Crippen LogP contribution >= 0.6 is 0 Å². The van der Waals surface area contributed by atoms with E-state index in [-0.39, 0.29) is 30.2 Å². The zero-order valence-electron chi connectivity index (χ0n) is 17.1. The first-order valence-corrected chi connectivity index (χ1v) is 9.70. The molecule has 3 rings (SSSR count). The molecule has 0 saturated carbocycles. The Kier molecular flexibility index (Phi) is 6.69. The normalized spacial score (nSPS) is 17.1. The minimum atomic E-state index is -0.322. The molecule has 2 atom stereocenters. The first-order chi connectivity index (χ1) is 14.0. The van der Waals surface area contributed by atoms with Gasteiger partial charge in [-0.1, -0.05) is 6.07 Å². The molecule has 1 aromatic heterocycles. The zero-order valence-corrected chi connectivity index (χ0v) is 17.1. The van der Waals surface area contributed by atoms with Crippen molar-refractivity contribution in [3.05, 3.63) is 53.9 Å². The van der Waals surface area contributed by atoms with Gasteiger partial charge in [0.15, 0.2) is 11.5 Å². The molecule has 7 nitrogen and oxygen atoms in total. The van der Waals surface area contributed by atoms with Gasteiger partial charge in [-0.05, 0) is 48.7 Å². The van der Waals surface area contributed by atoms with Crippen molar-refractivity contribution in [3.63, 3.8) is 0 Å². The number of benzene rings is 1. The van der Waals surface area contributed by atoms with Crippen molar-refractivity contribution in [1.29, 1.82) is 0 Å². The number of pyridine rings is 1. The van der Waals surface area contributed by atoms with Gasteiger partial charge >= 0.3 is 0 Å². The summed E-state index contributed by atoms with van der Waals surface area (Å²) in [6.45, 7) is 2.94. The first-order valence-electron chi connectivity index (χ1n) is 9.70. The van der Waals surface area contributed by atoms with Gasteiger partial charge < -0.3 is 19.7 Å². The highest BCUT2D eigenvalue weighted by Crippen LogP contribution is 2.28. The second kappa shape index (κ2) is 9.41. The molecule has 7 heteroatoms. The van der Waals surface area contributed by atoms with Gasteiger partial charge in [-0.25, -0.2) is 0 Å². The average Bonchev–Trinajstić information content (AvgIpc) is 3.13. The number of aromatic nitrogens is 1. The standard InChI is InChI=1S/C22H27N3O4/c1-15(17-6-9-23-10-7-17)24-22(27)18-13-21(26)25(14-18)11-8-16-4-5-19(28-2)20(12-16)29-3/h4-7,9-10,12,15,18H,8,11,13-14H2,1-3H3,(H,24,27). The van der Waals surface area contributed by atoms with Crippen LogP contribution in [-0.2, 0) is 16.0 Å². The van der Waals surface area contributed by atoms with E-state index in [9.17, 15) is 9.59 Å². The fourth-order valence-electron chi connectivity index (χ4n) is 3.53. The van der Waals surface area contributed by atoms with Crippen LogP contribution in [0.5, 0.6) is 11.5 Å². The molecule has 2 heterocycles. The number of hydrogen-bond donors (Lipinski definition) is 1. The lowest BCUT2D eigenvalue weighted by atomic mass is 10.1. The fraction of sp³-hybridized carbons (Fsp3) is 0.409. The second-order valence-corrected chi connectivity index (χ2v) is 7.19. The maximum Gasteiger partial charge on any atom is 0.225 e. The number of hydrogen-bond acceptors (Lipinski definition) is 5. The summed E-state index contributed by atoms with van der Waals surface area (Å²) in [5.74, 6) is 0.948. The minimum absolute atomic E-state index is 0.0159. The van der Waals surface area contributed by atoms with Gasteiger partial charge in [-0.15, -0.1) is 0 Å². The molecule has 154 valence electrons. The van der Waals surface area contributed by atoms with Crippen molar-refractivity contribution >= 4 is 11.8 Å². The SMILES string of the molecule is COc1ccc(CCN2CC(C(=O)NC(C)c3ccncc3)CC2=O)cc1OC. The molecule has 0 aliphatic carbocycles. The molecular formula is C22H27N3O4. The van der Waals surface area contributed by atoms with Gasteiger partial charge in [-0.3, -0.25) is 14.6 Å². The topological polar surface area (TPSA) is 80.8 Å². The molecule has 1 aliphatic rings. The molecule has 2 aromatic rings. The van der Waals surface area contributed by atoms with Crippen LogP contribution in [0, 0.1) is 5.92 Å². The van der Waals surface area contributed by atoms with Crippen LogP contribution in [0.2, 0.25) is 0 Å². The summed E-state index contributed by atoms with van der Waals surface area (Å²) in [5, 5.41) is 3.00. The highest BCUT2D eigenvalue weighted by molar-refractivity contribution is 5.89. The van der Waals surface area contributed by atoms with Gasteiger partial charge in [-0.2, -0.15) is 0 Å². The van der Waals surface area contributed by atoms with E-state index >= 15 is 0 Å². The molecular weight excluding hydrogens is 370 g/mol. The summed E-state index contributed by atoms with van der Waals surface area (Å²) >= 11 is 0. The van der Waals surface area contributed by atoms with E-state index < -0.39 is 0 Å². The molecule has 1 fully saturated rings.